The van der Waals surface area contributed by atoms with Gasteiger partial charge in [0.1, 0.15) is 0 Å². The Morgan fingerprint density at radius 1 is 1.16 bits per heavy atom. The first-order valence-corrected chi connectivity index (χ1v) is 8.46. The van der Waals surface area contributed by atoms with Gasteiger partial charge in [-0.3, -0.25) is 4.99 Å². The zero-order valence-electron chi connectivity index (χ0n) is 15.1. The molecule has 0 spiro atoms. The summed E-state index contributed by atoms with van der Waals surface area (Å²) in [5, 5.41) is 6.58. The van der Waals surface area contributed by atoms with Crippen LogP contribution in [0.4, 0.5) is 4.39 Å². The van der Waals surface area contributed by atoms with E-state index in [0.717, 1.165) is 18.4 Å². The first-order chi connectivity index (χ1) is 12.1. The highest BCUT2D eigenvalue weighted by molar-refractivity contribution is 5.79. The maximum absolute atomic E-state index is 13.7. The van der Waals surface area contributed by atoms with Gasteiger partial charge in [-0.1, -0.05) is 36.4 Å². The molecule has 0 aromatic heterocycles. The maximum atomic E-state index is 13.7. The molecule has 1 atom stereocenters. The Kier molecular flexibility index (Phi) is 7.26. The molecule has 0 aliphatic rings. The van der Waals surface area contributed by atoms with Gasteiger partial charge < -0.3 is 15.4 Å². The summed E-state index contributed by atoms with van der Waals surface area (Å²) in [6, 6.07) is 15.6. The van der Waals surface area contributed by atoms with Gasteiger partial charge in [0.05, 0.1) is 7.11 Å². The normalized spacial score (nSPS) is 12.6. The average molecular weight is 343 g/mol. The second-order valence-electron chi connectivity index (χ2n) is 5.96. The van der Waals surface area contributed by atoms with E-state index in [-0.39, 0.29) is 17.6 Å². The van der Waals surface area contributed by atoms with Crippen LogP contribution in [0.5, 0.6) is 5.75 Å². The molecule has 4 nitrogen and oxygen atoms in total. The predicted octanol–water partition coefficient (Wildman–Crippen LogP) is 3.52. The molecule has 2 aromatic carbocycles. The Bertz CT molecular complexity index is 689. The number of hydrogen-bond acceptors (Lipinski definition) is 2. The van der Waals surface area contributed by atoms with E-state index in [9.17, 15) is 4.39 Å². The van der Waals surface area contributed by atoms with Crippen molar-refractivity contribution in [1.82, 2.24) is 10.6 Å². The van der Waals surface area contributed by atoms with Crippen LogP contribution in [0.3, 0.4) is 0 Å². The van der Waals surface area contributed by atoms with Crippen molar-refractivity contribution in [2.45, 2.75) is 32.4 Å². The second kappa shape index (κ2) is 9.67. The monoisotopic (exact) mass is 343 g/mol. The summed E-state index contributed by atoms with van der Waals surface area (Å²) in [5.74, 6) is 0.596. The molecule has 2 aromatic rings. The lowest BCUT2D eigenvalue weighted by Crippen LogP contribution is -2.42. The molecule has 2 N–H and O–H groups in total. The van der Waals surface area contributed by atoms with E-state index >= 15 is 0 Å². The van der Waals surface area contributed by atoms with Gasteiger partial charge >= 0.3 is 0 Å². The van der Waals surface area contributed by atoms with E-state index in [0.29, 0.717) is 12.5 Å². The van der Waals surface area contributed by atoms with Crippen molar-refractivity contribution >= 4 is 5.96 Å². The van der Waals surface area contributed by atoms with Crippen molar-refractivity contribution in [3.8, 4) is 5.75 Å². The minimum Gasteiger partial charge on any atom is -0.494 e. The fraction of sp³-hybridized carbons (Fsp3) is 0.350. The molecular formula is C20H26FN3O. The Hall–Kier alpha value is -2.56. The van der Waals surface area contributed by atoms with Crippen LogP contribution in [0.15, 0.2) is 53.5 Å². The van der Waals surface area contributed by atoms with E-state index in [1.54, 1.807) is 13.1 Å². The SMILES string of the molecule is CN=C(NCc1ccc(OC)c(F)c1)NC(C)CCc1ccccc1. The van der Waals surface area contributed by atoms with E-state index < -0.39 is 0 Å². The van der Waals surface area contributed by atoms with Crippen molar-refractivity contribution in [2.75, 3.05) is 14.2 Å². The number of halogens is 1. The standard InChI is InChI=1S/C20H26FN3O/c1-15(9-10-16-7-5-4-6-8-16)24-20(22-2)23-14-17-11-12-19(25-3)18(21)13-17/h4-8,11-13,15H,9-10,14H2,1-3H3,(H2,22,23,24). The molecule has 1 unspecified atom stereocenters. The molecule has 0 saturated heterocycles. The van der Waals surface area contributed by atoms with Gasteiger partial charge in [0.15, 0.2) is 17.5 Å². The minimum atomic E-state index is -0.360. The highest BCUT2D eigenvalue weighted by Gasteiger charge is 2.07. The first-order valence-electron chi connectivity index (χ1n) is 8.46. The van der Waals surface area contributed by atoms with Crippen LogP contribution in [-0.2, 0) is 13.0 Å². The number of guanidine groups is 1. The molecule has 5 heteroatoms. The minimum absolute atomic E-state index is 0.251. The number of aliphatic imine (C=N–C) groups is 1. The molecule has 0 heterocycles. The third-order valence-electron chi connectivity index (χ3n) is 3.99. The van der Waals surface area contributed by atoms with Crippen LogP contribution >= 0.6 is 0 Å². The quantitative estimate of drug-likeness (QED) is 0.597. The van der Waals surface area contributed by atoms with Gasteiger partial charge in [0.25, 0.3) is 0 Å². The molecule has 0 fully saturated rings. The van der Waals surface area contributed by atoms with Crippen molar-refractivity contribution in [2.24, 2.45) is 4.99 Å². The van der Waals surface area contributed by atoms with Crippen LogP contribution in [0.2, 0.25) is 0 Å². The number of nitrogens with one attached hydrogen (secondary N) is 2. The van der Waals surface area contributed by atoms with Crippen LogP contribution in [-0.4, -0.2) is 26.2 Å². The average Bonchev–Trinajstić information content (AvgIpc) is 2.64. The van der Waals surface area contributed by atoms with Gasteiger partial charge in [-0.15, -0.1) is 0 Å². The van der Waals surface area contributed by atoms with Crippen LogP contribution < -0.4 is 15.4 Å². The Morgan fingerprint density at radius 3 is 2.56 bits per heavy atom. The molecule has 2 rings (SSSR count). The lowest BCUT2D eigenvalue weighted by molar-refractivity contribution is 0.386. The lowest BCUT2D eigenvalue weighted by Gasteiger charge is -2.18. The molecule has 0 bridgehead atoms. The number of hydrogen-bond donors (Lipinski definition) is 2. The van der Waals surface area contributed by atoms with Crippen LogP contribution in [0.1, 0.15) is 24.5 Å². The molecule has 0 saturated carbocycles. The van der Waals surface area contributed by atoms with E-state index in [1.807, 2.05) is 12.1 Å². The van der Waals surface area contributed by atoms with Gasteiger partial charge in [0.2, 0.25) is 0 Å². The van der Waals surface area contributed by atoms with E-state index in [4.69, 9.17) is 4.74 Å². The summed E-state index contributed by atoms with van der Waals surface area (Å²) in [4.78, 5) is 4.23. The van der Waals surface area contributed by atoms with Crippen molar-refractivity contribution < 1.29 is 9.13 Å². The van der Waals surface area contributed by atoms with Crippen molar-refractivity contribution in [3.05, 3.63) is 65.5 Å². The second-order valence-corrected chi connectivity index (χ2v) is 5.96. The molecule has 0 amide bonds. The number of aryl methyl sites for hydroxylation is 1. The fourth-order valence-electron chi connectivity index (χ4n) is 2.53. The lowest BCUT2D eigenvalue weighted by atomic mass is 10.1. The summed E-state index contributed by atoms with van der Waals surface area (Å²) in [6.07, 6.45) is 2.01. The highest BCUT2D eigenvalue weighted by Crippen LogP contribution is 2.17. The zero-order chi connectivity index (χ0) is 18.1. The van der Waals surface area contributed by atoms with Crippen LogP contribution in [0.25, 0.3) is 0 Å². The van der Waals surface area contributed by atoms with E-state index in [2.05, 4.69) is 46.8 Å². The summed E-state index contributed by atoms with van der Waals surface area (Å²) >= 11 is 0. The number of rotatable bonds is 7. The topological polar surface area (TPSA) is 45.7 Å². The Labute approximate surface area is 149 Å². The molecular weight excluding hydrogens is 317 g/mol. The number of methoxy groups -OCH3 is 1. The van der Waals surface area contributed by atoms with Gasteiger partial charge in [0, 0.05) is 19.6 Å². The Balaban J connectivity index is 1.80. The number of benzene rings is 2. The summed E-state index contributed by atoms with van der Waals surface area (Å²) < 4.78 is 18.7. The van der Waals surface area contributed by atoms with Crippen molar-refractivity contribution in [3.63, 3.8) is 0 Å². The third-order valence-corrected chi connectivity index (χ3v) is 3.99. The van der Waals surface area contributed by atoms with Crippen molar-refractivity contribution in [1.29, 1.82) is 0 Å². The highest BCUT2D eigenvalue weighted by atomic mass is 19.1. The predicted molar refractivity (Wildman–Crippen MR) is 101 cm³/mol. The Morgan fingerprint density at radius 2 is 1.92 bits per heavy atom. The summed E-state index contributed by atoms with van der Waals surface area (Å²) in [6.45, 7) is 2.62. The fourth-order valence-corrected chi connectivity index (χ4v) is 2.53. The maximum Gasteiger partial charge on any atom is 0.191 e. The van der Waals surface area contributed by atoms with Gasteiger partial charge in [-0.05, 0) is 43.0 Å². The third kappa shape index (κ3) is 6.10. The molecule has 0 radical (unpaired) electrons. The molecule has 0 aliphatic carbocycles. The smallest absolute Gasteiger partial charge is 0.191 e. The molecule has 0 aliphatic heterocycles. The number of ether oxygens (including phenoxy) is 1. The van der Waals surface area contributed by atoms with Gasteiger partial charge in [-0.25, -0.2) is 4.39 Å². The zero-order valence-corrected chi connectivity index (χ0v) is 15.1. The number of nitrogens with zero attached hydrogens (tertiary/aromatic N) is 1. The van der Waals surface area contributed by atoms with Crippen LogP contribution in [0, 0.1) is 5.82 Å². The summed E-state index contributed by atoms with van der Waals surface area (Å²) in [5.41, 5.74) is 2.16. The van der Waals surface area contributed by atoms with Gasteiger partial charge in [-0.2, -0.15) is 0 Å². The first kappa shape index (κ1) is 18.8. The van der Waals surface area contributed by atoms with E-state index in [1.165, 1.54) is 18.7 Å². The summed E-state index contributed by atoms with van der Waals surface area (Å²) in [7, 11) is 3.19. The molecule has 25 heavy (non-hydrogen) atoms. The largest absolute Gasteiger partial charge is 0.494 e. The molecule has 134 valence electrons.